The van der Waals surface area contributed by atoms with Crippen LogP contribution in [0.15, 0.2) is 54.6 Å². The highest BCUT2D eigenvalue weighted by Crippen LogP contribution is 2.23. The van der Waals surface area contributed by atoms with E-state index < -0.39 is 0 Å². The number of likely N-dealkylation sites (tertiary alicyclic amines) is 1. The summed E-state index contributed by atoms with van der Waals surface area (Å²) in [6.45, 7) is 3.18. The average molecular weight is 418 g/mol. The number of aryl methyl sites for hydroxylation is 1. The molecule has 0 spiro atoms. The molecule has 31 heavy (non-hydrogen) atoms. The summed E-state index contributed by atoms with van der Waals surface area (Å²) >= 11 is 0. The Morgan fingerprint density at radius 1 is 1.10 bits per heavy atom. The van der Waals surface area contributed by atoms with E-state index in [1.807, 2.05) is 43.3 Å². The maximum absolute atomic E-state index is 12.9. The van der Waals surface area contributed by atoms with Crippen molar-refractivity contribution in [2.75, 3.05) is 20.2 Å². The van der Waals surface area contributed by atoms with Crippen molar-refractivity contribution in [3.63, 3.8) is 0 Å². The van der Waals surface area contributed by atoms with Gasteiger partial charge in [0.1, 0.15) is 11.4 Å². The number of nitrogens with zero attached hydrogens (tertiary/aromatic N) is 2. The minimum Gasteiger partial charge on any atom is -0.496 e. The average Bonchev–Trinajstić information content (AvgIpc) is 3.29. The quantitative estimate of drug-likeness (QED) is 0.665. The van der Waals surface area contributed by atoms with E-state index in [0.717, 1.165) is 16.8 Å². The number of amides is 2. The first-order valence-electron chi connectivity index (χ1n) is 10.4. The van der Waals surface area contributed by atoms with Gasteiger partial charge in [-0.25, -0.2) is 0 Å². The Balaban J connectivity index is 1.35. The monoisotopic (exact) mass is 418 g/mol. The summed E-state index contributed by atoms with van der Waals surface area (Å²) in [4.78, 5) is 27.3. The number of ether oxygens (including phenoxy) is 1. The second-order valence-electron chi connectivity index (χ2n) is 7.72. The van der Waals surface area contributed by atoms with Crippen LogP contribution in [0.4, 0.5) is 0 Å². The summed E-state index contributed by atoms with van der Waals surface area (Å²) in [5.41, 5.74) is 3.88. The van der Waals surface area contributed by atoms with Crippen LogP contribution in [-0.4, -0.2) is 53.2 Å². The number of para-hydroxylation sites is 1. The molecule has 2 heterocycles. The van der Waals surface area contributed by atoms with Gasteiger partial charge in [0.15, 0.2) is 0 Å². The number of piperidine rings is 1. The molecule has 7 nitrogen and oxygen atoms in total. The van der Waals surface area contributed by atoms with Crippen molar-refractivity contribution in [3.05, 3.63) is 71.4 Å². The number of aromatic amines is 1. The van der Waals surface area contributed by atoms with Gasteiger partial charge in [-0.2, -0.15) is 5.10 Å². The van der Waals surface area contributed by atoms with Crippen molar-refractivity contribution in [2.24, 2.45) is 0 Å². The number of methoxy groups -OCH3 is 1. The Labute approximate surface area is 181 Å². The molecule has 1 aliphatic rings. The number of benzene rings is 2. The number of nitrogens with one attached hydrogen (secondary N) is 2. The lowest BCUT2D eigenvalue weighted by Gasteiger charge is -2.32. The lowest BCUT2D eigenvalue weighted by molar-refractivity contribution is 0.0692. The molecule has 2 amide bonds. The molecule has 1 aliphatic heterocycles. The van der Waals surface area contributed by atoms with Gasteiger partial charge >= 0.3 is 0 Å². The van der Waals surface area contributed by atoms with E-state index in [9.17, 15) is 9.59 Å². The Morgan fingerprint density at radius 2 is 1.81 bits per heavy atom. The van der Waals surface area contributed by atoms with Crippen molar-refractivity contribution in [3.8, 4) is 17.0 Å². The van der Waals surface area contributed by atoms with E-state index >= 15 is 0 Å². The largest absolute Gasteiger partial charge is 0.496 e. The molecule has 0 atom stereocenters. The molecule has 0 radical (unpaired) electrons. The van der Waals surface area contributed by atoms with Gasteiger partial charge in [0.2, 0.25) is 0 Å². The molecule has 1 fully saturated rings. The van der Waals surface area contributed by atoms with E-state index in [4.69, 9.17) is 4.74 Å². The highest BCUT2D eigenvalue weighted by Gasteiger charge is 2.26. The second kappa shape index (κ2) is 9.04. The van der Waals surface area contributed by atoms with Gasteiger partial charge in [-0.3, -0.25) is 14.7 Å². The van der Waals surface area contributed by atoms with E-state index in [-0.39, 0.29) is 17.9 Å². The standard InChI is InChI=1S/C24H26N4O3/c1-16-7-3-4-8-18(16)20-15-21(27-26-20)24(30)28-13-11-17(12-14-28)25-23(29)19-9-5-6-10-22(19)31-2/h3-10,15,17H,11-14H2,1-2H3,(H,25,29)(H,26,27). The topological polar surface area (TPSA) is 87.3 Å². The summed E-state index contributed by atoms with van der Waals surface area (Å²) in [6, 6.07) is 16.9. The molecule has 1 aromatic heterocycles. The summed E-state index contributed by atoms with van der Waals surface area (Å²) in [5.74, 6) is 0.330. The fourth-order valence-electron chi connectivity index (χ4n) is 3.92. The maximum Gasteiger partial charge on any atom is 0.271 e. The molecule has 0 saturated carbocycles. The van der Waals surface area contributed by atoms with Crippen LogP contribution >= 0.6 is 0 Å². The van der Waals surface area contributed by atoms with Gasteiger partial charge in [0.25, 0.3) is 11.8 Å². The van der Waals surface area contributed by atoms with Crippen LogP contribution in [0.25, 0.3) is 11.3 Å². The Kier molecular flexibility index (Phi) is 6.02. The van der Waals surface area contributed by atoms with E-state index in [1.165, 1.54) is 0 Å². The van der Waals surface area contributed by atoms with E-state index in [1.54, 1.807) is 30.2 Å². The Morgan fingerprint density at radius 3 is 2.55 bits per heavy atom. The summed E-state index contributed by atoms with van der Waals surface area (Å²) in [7, 11) is 1.55. The van der Waals surface area contributed by atoms with Crippen molar-refractivity contribution in [1.29, 1.82) is 0 Å². The first kappa shape index (κ1) is 20.7. The lowest BCUT2D eigenvalue weighted by Crippen LogP contribution is -2.46. The number of rotatable bonds is 5. The maximum atomic E-state index is 12.9. The van der Waals surface area contributed by atoms with Gasteiger partial charge < -0.3 is 15.0 Å². The predicted molar refractivity (Wildman–Crippen MR) is 118 cm³/mol. The molecule has 0 unspecified atom stereocenters. The summed E-state index contributed by atoms with van der Waals surface area (Å²) in [6.07, 6.45) is 1.40. The molecule has 2 aromatic carbocycles. The number of carbonyl (C=O) groups is 2. The zero-order valence-corrected chi connectivity index (χ0v) is 17.7. The third kappa shape index (κ3) is 4.45. The smallest absolute Gasteiger partial charge is 0.271 e. The molecule has 3 aromatic rings. The highest BCUT2D eigenvalue weighted by atomic mass is 16.5. The lowest BCUT2D eigenvalue weighted by atomic mass is 10.0. The van der Waals surface area contributed by atoms with Crippen LogP contribution in [0, 0.1) is 6.92 Å². The van der Waals surface area contributed by atoms with Crippen LogP contribution < -0.4 is 10.1 Å². The molecular weight excluding hydrogens is 392 g/mol. The first-order chi connectivity index (χ1) is 15.1. The number of carbonyl (C=O) groups excluding carboxylic acids is 2. The van der Waals surface area contributed by atoms with Crippen LogP contribution in [0.5, 0.6) is 5.75 Å². The molecule has 1 saturated heterocycles. The number of hydrogen-bond acceptors (Lipinski definition) is 4. The predicted octanol–water partition coefficient (Wildman–Crippen LogP) is 3.43. The van der Waals surface area contributed by atoms with E-state index in [2.05, 4.69) is 15.5 Å². The highest BCUT2D eigenvalue weighted by molar-refractivity contribution is 5.97. The summed E-state index contributed by atoms with van der Waals surface area (Å²) in [5, 5.41) is 10.3. The first-order valence-corrected chi connectivity index (χ1v) is 10.4. The molecule has 0 aliphatic carbocycles. The Hall–Kier alpha value is -3.61. The minimum absolute atomic E-state index is 0.0192. The van der Waals surface area contributed by atoms with Gasteiger partial charge in [-0.1, -0.05) is 36.4 Å². The van der Waals surface area contributed by atoms with Crippen LogP contribution in [0.2, 0.25) is 0 Å². The zero-order valence-electron chi connectivity index (χ0n) is 17.7. The second-order valence-corrected chi connectivity index (χ2v) is 7.72. The normalized spacial score (nSPS) is 14.3. The number of aromatic nitrogens is 2. The van der Waals surface area contributed by atoms with Crippen LogP contribution in [-0.2, 0) is 0 Å². The fraction of sp³-hybridized carbons (Fsp3) is 0.292. The van der Waals surface area contributed by atoms with Gasteiger partial charge in [0.05, 0.1) is 18.4 Å². The number of H-pyrrole nitrogens is 1. The Bertz CT molecular complexity index is 1080. The van der Waals surface area contributed by atoms with Crippen molar-refractivity contribution in [1.82, 2.24) is 20.4 Å². The molecule has 160 valence electrons. The summed E-state index contributed by atoms with van der Waals surface area (Å²) < 4.78 is 5.27. The third-order valence-corrected chi connectivity index (χ3v) is 5.70. The fourth-order valence-corrected chi connectivity index (χ4v) is 3.92. The van der Waals surface area contributed by atoms with Crippen LogP contribution in [0.1, 0.15) is 39.3 Å². The zero-order chi connectivity index (χ0) is 21.8. The van der Waals surface area contributed by atoms with Crippen LogP contribution in [0.3, 0.4) is 0 Å². The van der Waals surface area contributed by atoms with Gasteiger partial charge in [0, 0.05) is 24.7 Å². The van der Waals surface area contributed by atoms with Crippen molar-refractivity contribution >= 4 is 11.8 Å². The van der Waals surface area contributed by atoms with Crippen molar-refractivity contribution < 1.29 is 14.3 Å². The third-order valence-electron chi connectivity index (χ3n) is 5.70. The van der Waals surface area contributed by atoms with Crippen molar-refractivity contribution in [2.45, 2.75) is 25.8 Å². The van der Waals surface area contributed by atoms with E-state index in [0.29, 0.717) is 42.9 Å². The molecule has 7 heteroatoms. The minimum atomic E-state index is -0.154. The van der Waals surface area contributed by atoms with Gasteiger partial charge in [-0.15, -0.1) is 0 Å². The molecule has 4 rings (SSSR count). The molecule has 0 bridgehead atoms. The SMILES string of the molecule is COc1ccccc1C(=O)NC1CCN(C(=O)c2cc(-c3ccccc3C)n[nH]2)CC1. The number of hydrogen-bond donors (Lipinski definition) is 2. The molecular formula is C24H26N4O3. The van der Waals surface area contributed by atoms with Gasteiger partial charge in [-0.05, 0) is 43.5 Å². The molecule has 2 N–H and O–H groups in total.